The molecule has 0 aliphatic carbocycles. The molecule has 10 heteroatoms. The summed E-state index contributed by atoms with van der Waals surface area (Å²) in [7, 11) is 0. The van der Waals surface area contributed by atoms with Crippen LogP contribution in [0.2, 0.25) is 0 Å². The van der Waals surface area contributed by atoms with Crippen LogP contribution in [0.15, 0.2) is 59.6 Å². The average Bonchev–Trinajstić information content (AvgIpc) is 3.05. The van der Waals surface area contributed by atoms with Crippen LogP contribution in [0.1, 0.15) is 36.1 Å². The van der Waals surface area contributed by atoms with E-state index in [-0.39, 0.29) is 11.0 Å². The SMILES string of the molecule is Cc1cc(N2C(=O)C(C)(C)N(c3ccc(O)c(F)c3)C2=S)ccc1C#N.Cc1cc(N=C=S)ccc1C#N. The van der Waals surface area contributed by atoms with Crippen LogP contribution < -0.4 is 9.80 Å². The number of amides is 1. The number of thiocarbonyl (C=S) groups is 2. The monoisotopic (exact) mass is 543 g/mol. The molecule has 3 aromatic carbocycles. The van der Waals surface area contributed by atoms with Gasteiger partial charge >= 0.3 is 0 Å². The largest absolute Gasteiger partial charge is 0.505 e. The van der Waals surface area contributed by atoms with Crippen LogP contribution in [-0.2, 0) is 4.79 Å². The molecule has 0 unspecified atom stereocenters. The minimum absolute atomic E-state index is 0.203. The summed E-state index contributed by atoms with van der Waals surface area (Å²) in [4.78, 5) is 19.8. The number of phenols is 1. The van der Waals surface area contributed by atoms with E-state index in [1.165, 1.54) is 17.0 Å². The fourth-order valence-corrected chi connectivity index (χ4v) is 4.53. The molecule has 1 aliphatic rings. The van der Waals surface area contributed by atoms with Crippen molar-refractivity contribution in [2.75, 3.05) is 9.80 Å². The fourth-order valence-electron chi connectivity index (χ4n) is 3.90. The number of rotatable bonds is 3. The second kappa shape index (κ2) is 11.3. The van der Waals surface area contributed by atoms with E-state index in [9.17, 15) is 14.3 Å². The zero-order chi connectivity index (χ0) is 28.2. The van der Waals surface area contributed by atoms with Gasteiger partial charge < -0.3 is 10.0 Å². The van der Waals surface area contributed by atoms with Gasteiger partial charge in [-0.25, -0.2) is 4.39 Å². The molecule has 0 bridgehead atoms. The molecule has 3 aromatic rings. The number of nitriles is 2. The van der Waals surface area contributed by atoms with Gasteiger partial charge in [-0.3, -0.25) is 9.69 Å². The molecule has 0 spiro atoms. The molecule has 1 fully saturated rings. The van der Waals surface area contributed by atoms with Crippen molar-refractivity contribution in [1.82, 2.24) is 0 Å². The lowest BCUT2D eigenvalue weighted by Crippen LogP contribution is -2.44. The highest BCUT2D eigenvalue weighted by atomic mass is 32.1. The van der Waals surface area contributed by atoms with Crippen LogP contribution in [0, 0.1) is 42.3 Å². The summed E-state index contributed by atoms with van der Waals surface area (Å²) in [5, 5.41) is 29.6. The van der Waals surface area contributed by atoms with E-state index in [1.807, 2.05) is 6.92 Å². The Kier molecular flexibility index (Phi) is 8.35. The topological polar surface area (TPSA) is 104 Å². The first-order valence-electron chi connectivity index (χ1n) is 11.2. The summed E-state index contributed by atoms with van der Waals surface area (Å²) in [6, 6.07) is 18.3. The molecule has 0 radical (unpaired) electrons. The fraction of sp³-hybridized carbons (Fsp3) is 0.179. The maximum atomic E-state index is 13.8. The molecule has 1 N–H and O–H groups in total. The molecule has 0 atom stereocenters. The molecular formula is C28H22FN5O2S2. The van der Waals surface area contributed by atoms with Crippen molar-refractivity contribution in [2.24, 2.45) is 4.99 Å². The maximum Gasteiger partial charge on any atom is 0.259 e. The second-order valence-electron chi connectivity index (χ2n) is 8.88. The summed E-state index contributed by atoms with van der Waals surface area (Å²) >= 11 is 9.97. The third kappa shape index (κ3) is 5.44. The highest BCUT2D eigenvalue weighted by Gasteiger charge is 2.50. The predicted octanol–water partition coefficient (Wildman–Crippen LogP) is 6.23. The van der Waals surface area contributed by atoms with Crippen LogP contribution in [0.5, 0.6) is 5.75 Å². The molecule has 1 heterocycles. The Morgan fingerprint density at radius 1 is 0.947 bits per heavy atom. The Balaban J connectivity index is 0.000000279. The van der Waals surface area contributed by atoms with E-state index in [1.54, 1.807) is 62.1 Å². The Hall–Kier alpha value is -4.47. The molecule has 0 saturated carbocycles. The van der Waals surface area contributed by atoms with Crippen molar-refractivity contribution in [3.05, 3.63) is 82.7 Å². The number of isothiocyanates is 1. The number of benzene rings is 3. The first-order valence-corrected chi connectivity index (χ1v) is 12.0. The molecule has 38 heavy (non-hydrogen) atoms. The highest BCUT2D eigenvalue weighted by molar-refractivity contribution is 7.81. The Morgan fingerprint density at radius 3 is 2.05 bits per heavy atom. The van der Waals surface area contributed by atoms with Gasteiger partial charge in [-0.05, 0) is 112 Å². The van der Waals surface area contributed by atoms with Crippen LogP contribution in [0.4, 0.5) is 21.5 Å². The highest BCUT2D eigenvalue weighted by Crippen LogP contribution is 2.37. The Morgan fingerprint density at radius 2 is 1.53 bits per heavy atom. The molecule has 190 valence electrons. The van der Waals surface area contributed by atoms with Gasteiger partial charge in [0.15, 0.2) is 16.7 Å². The minimum Gasteiger partial charge on any atom is -0.505 e. The zero-order valence-corrected chi connectivity index (χ0v) is 22.6. The zero-order valence-electron chi connectivity index (χ0n) is 21.0. The number of hydrogen-bond donors (Lipinski definition) is 1. The van der Waals surface area contributed by atoms with E-state index in [4.69, 9.17) is 22.7 Å². The first kappa shape index (κ1) is 28.1. The lowest BCUT2D eigenvalue weighted by Gasteiger charge is -2.29. The molecule has 0 aromatic heterocycles. The number of hydrogen-bond acceptors (Lipinski definition) is 7. The first-order chi connectivity index (χ1) is 18.0. The second-order valence-corrected chi connectivity index (χ2v) is 9.43. The van der Waals surface area contributed by atoms with Crippen LogP contribution in [-0.4, -0.2) is 26.8 Å². The van der Waals surface area contributed by atoms with Gasteiger partial charge in [-0.15, -0.1) is 0 Å². The van der Waals surface area contributed by atoms with Crippen molar-refractivity contribution in [3.63, 3.8) is 0 Å². The van der Waals surface area contributed by atoms with E-state index in [0.717, 1.165) is 22.9 Å². The van der Waals surface area contributed by atoms with E-state index < -0.39 is 17.1 Å². The molecule has 1 saturated heterocycles. The van der Waals surface area contributed by atoms with Crippen molar-refractivity contribution in [1.29, 1.82) is 10.5 Å². The van der Waals surface area contributed by atoms with Crippen molar-refractivity contribution in [3.8, 4) is 17.9 Å². The number of carbonyl (C=O) groups is 1. The quantitative estimate of drug-likeness (QED) is 0.309. The van der Waals surface area contributed by atoms with Crippen molar-refractivity contribution >= 4 is 57.7 Å². The number of aromatic hydroxyl groups is 1. The van der Waals surface area contributed by atoms with Crippen LogP contribution in [0.3, 0.4) is 0 Å². The molecule has 4 rings (SSSR count). The molecule has 1 amide bonds. The Bertz CT molecular complexity index is 1580. The smallest absolute Gasteiger partial charge is 0.259 e. The molecular weight excluding hydrogens is 521 g/mol. The lowest BCUT2D eigenvalue weighted by molar-refractivity contribution is -0.120. The number of halogens is 1. The average molecular weight is 544 g/mol. The predicted molar refractivity (Wildman–Crippen MR) is 151 cm³/mol. The van der Waals surface area contributed by atoms with Gasteiger partial charge in [0.1, 0.15) is 5.54 Å². The van der Waals surface area contributed by atoms with Gasteiger partial charge in [0.25, 0.3) is 5.91 Å². The number of phenolic OH excluding ortho intramolecular Hbond substituents is 1. The summed E-state index contributed by atoms with van der Waals surface area (Å²) in [6.07, 6.45) is 0. The molecule has 7 nitrogen and oxygen atoms in total. The molecule has 1 aliphatic heterocycles. The summed E-state index contributed by atoms with van der Waals surface area (Å²) < 4.78 is 13.8. The third-order valence-electron chi connectivity index (χ3n) is 5.95. The number of anilines is 2. The van der Waals surface area contributed by atoms with E-state index in [0.29, 0.717) is 22.5 Å². The Labute approximate surface area is 230 Å². The number of carbonyl (C=O) groups excluding carboxylic acids is 1. The summed E-state index contributed by atoms with van der Waals surface area (Å²) in [5.41, 5.74) is 3.43. The summed E-state index contributed by atoms with van der Waals surface area (Å²) in [6.45, 7) is 7.04. The standard InChI is InChI=1S/C19H16FN3O2S.C9H6N2S/c1-11-8-13(5-4-12(11)10-21)22-17(25)19(2,3)23(18(22)26)14-6-7-16(24)15(20)9-14;1-7-4-9(11-6-12)3-2-8(7)5-10/h4-9,24H,1-3H3;2-4H,1H3. The van der Waals surface area contributed by atoms with Crippen molar-refractivity contribution < 1.29 is 14.3 Å². The van der Waals surface area contributed by atoms with E-state index >= 15 is 0 Å². The van der Waals surface area contributed by atoms with Gasteiger partial charge in [0.2, 0.25) is 0 Å². The lowest BCUT2D eigenvalue weighted by atomic mass is 10.0. The minimum atomic E-state index is -1.04. The number of nitrogens with zero attached hydrogens (tertiary/aromatic N) is 5. The van der Waals surface area contributed by atoms with Gasteiger partial charge in [-0.2, -0.15) is 15.5 Å². The van der Waals surface area contributed by atoms with Gasteiger partial charge in [-0.1, -0.05) is 0 Å². The van der Waals surface area contributed by atoms with Crippen LogP contribution >= 0.6 is 24.4 Å². The normalized spacial score (nSPS) is 13.7. The number of aryl methyl sites for hydroxylation is 2. The van der Waals surface area contributed by atoms with Gasteiger partial charge in [0, 0.05) is 11.8 Å². The summed E-state index contributed by atoms with van der Waals surface area (Å²) in [5.74, 6) is -1.52. The third-order valence-corrected chi connectivity index (χ3v) is 6.41. The maximum absolute atomic E-state index is 13.8. The van der Waals surface area contributed by atoms with E-state index in [2.05, 4.69) is 34.5 Å². The van der Waals surface area contributed by atoms with Gasteiger partial charge in [0.05, 0.1) is 39.8 Å². The van der Waals surface area contributed by atoms with Crippen molar-refractivity contribution in [2.45, 2.75) is 33.2 Å². The number of aliphatic imine (C=N–C) groups is 1. The van der Waals surface area contributed by atoms with Crippen LogP contribution in [0.25, 0.3) is 0 Å².